The Balaban J connectivity index is 2.04. The first-order valence-electron chi connectivity index (χ1n) is 7.20. The van der Waals surface area contributed by atoms with Crippen molar-refractivity contribution in [1.82, 2.24) is 15.2 Å². The van der Waals surface area contributed by atoms with Crippen molar-refractivity contribution in [3.8, 4) is 0 Å². The first-order chi connectivity index (χ1) is 9.31. The van der Waals surface area contributed by atoms with Gasteiger partial charge in [-0.2, -0.15) is 0 Å². The van der Waals surface area contributed by atoms with Gasteiger partial charge in [-0.3, -0.25) is 9.78 Å². The van der Waals surface area contributed by atoms with E-state index in [-0.39, 0.29) is 5.91 Å². The molecule has 4 nitrogen and oxygen atoms in total. The molecule has 1 aliphatic heterocycles. The number of likely N-dealkylation sites (N-methyl/N-ethyl adjacent to an activating group) is 1. The Morgan fingerprint density at radius 2 is 2.05 bits per heavy atom. The molecule has 1 saturated heterocycles. The molecule has 1 aromatic rings. The average molecular weight is 261 g/mol. The number of carbonyl (C=O) groups is 1. The predicted molar refractivity (Wildman–Crippen MR) is 76.2 cm³/mol. The van der Waals surface area contributed by atoms with Crippen LogP contribution in [0.2, 0.25) is 0 Å². The molecule has 1 aromatic heterocycles. The van der Waals surface area contributed by atoms with Gasteiger partial charge in [0.1, 0.15) is 0 Å². The van der Waals surface area contributed by atoms with E-state index in [1.54, 1.807) is 6.20 Å². The van der Waals surface area contributed by atoms with Crippen LogP contribution in [0.5, 0.6) is 0 Å². The monoisotopic (exact) mass is 261 g/mol. The molecular weight excluding hydrogens is 238 g/mol. The van der Waals surface area contributed by atoms with Crippen LogP contribution in [0.15, 0.2) is 18.3 Å². The molecule has 0 spiro atoms. The van der Waals surface area contributed by atoms with Crippen LogP contribution < -0.4 is 5.32 Å². The summed E-state index contributed by atoms with van der Waals surface area (Å²) in [5, 5.41) is 3.10. The Morgan fingerprint density at radius 1 is 1.32 bits per heavy atom. The van der Waals surface area contributed by atoms with Gasteiger partial charge < -0.3 is 10.2 Å². The molecule has 0 aliphatic carbocycles. The van der Waals surface area contributed by atoms with Crippen LogP contribution in [0, 0.1) is 0 Å². The summed E-state index contributed by atoms with van der Waals surface area (Å²) in [6.07, 6.45) is 7.35. The van der Waals surface area contributed by atoms with Gasteiger partial charge in [0.25, 0.3) is 5.91 Å². The minimum absolute atomic E-state index is 0.162. The number of rotatable bonds is 4. The van der Waals surface area contributed by atoms with Gasteiger partial charge in [-0.15, -0.1) is 0 Å². The lowest BCUT2D eigenvalue weighted by Crippen LogP contribution is -2.31. The summed E-state index contributed by atoms with van der Waals surface area (Å²) in [5.74, 6) is 0.162. The summed E-state index contributed by atoms with van der Waals surface area (Å²) in [6.45, 7) is 2.67. The zero-order chi connectivity index (χ0) is 13.5. The highest BCUT2D eigenvalue weighted by Gasteiger charge is 2.17. The van der Waals surface area contributed by atoms with Gasteiger partial charge in [0, 0.05) is 43.5 Å². The van der Waals surface area contributed by atoms with Crippen LogP contribution in [0.3, 0.4) is 0 Å². The van der Waals surface area contributed by atoms with Gasteiger partial charge in [-0.25, -0.2) is 0 Å². The van der Waals surface area contributed by atoms with Crippen molar-refractivity contribution in [2.24, 2.45) is 0 Å². The van der Waals surface area contributed by atoms with Gasteiger partial charge in [-0.1, -0.05) is 12.8 Å². The Morgan fingerprint density at radius 3 is 2.74 bits per heavy atom. The number of carbonyl (C=O) groups excluding carboxylic acids is 1. The van der Waals surface area contributed by atoms with E-state index >= 15 is 0 Å². The lowest BCUT2D eigenvalue weighted by molar-refractivity contribution is 0.0761. The van der Waals surface area contributed by atoms with E-state index in [0.29, 0.717) is 0 Å². The van der Waals surface area contributed by atoms with Crippen molar-refractivity contribution in [2.45, 2.75) is 32.1 Å². The molecule has 0 saturated carbocycles. The maximum absolute atomic E-state index is 12.5. The number of amides is 1. The van der Waals surface area contributed by atoms with E-state index in [4.69, 9.17) is 0 Å². The number of likely N-dealkylation sites (tertiary alicyclic amines) is 1. The number of hydrogen-bond acceptors (Lipinski definition) is 3. The Labute approximate surface area is 115 Å². The van der Waals surface area contributed by atoms with E-state index in [0.717, 1.165) is 50.2 Å². The largest absolute Gasteiger partial charge is 0.339 e. The third-order valence-corrected chi connectivity index (χ3v) is 3.59. The normalized spacial score (nSPS) is 16.2. The lowest BCUT2D eigenvalue weighted by atomic mass is 10.1. The van der Waals surface area contributed by atoms with Crippen molar-refractivity contribution in [3.05, 3.63) is 29.6 Å². The minimum Gasteiger partial charge on any atom is -0.339 e. The second kappa shape index (κ2) is 7.24. The van der Waals surface area contributed by atoms with Crippen molar-refractivity contribution in [3.63, 3.8) is 0 Å². The van der Waals surface area contributed by atoms with Crippen molar-refractivity contribution in [1.29, 1.82) is 0 Å². The lowest BCUT2D eigenvalue weighted by Gasteiger charge is -2.20. The highest BCUT2D eigenvalue weighted by atomic mass is 16.2. The number of aromatic nitrogens is 1. The number of pyridine rings is 1. The molecule has 0 bridgehead atoms. The summed E-state index contributed by atoms with van der Waals surface area (Å²) < 4.78 is 0. The molecule has 4 heteroatoms. The molecule has 2 rings (SSSR count). The third kappa shape index (κ3) is 4.03. The fourth-order valence-corrected chi connectivity index (χ4v) is 2.46. The number of nitrogens with one attached hydrogen (secondary N) is 1. The van der Waals surface area contributed by atoms with Gasteiger partial charge >= 0.3 is 0 Å². The summed E-state index contributed by atoms with van der Waals surface area (Å²) in [5.41, 5.74) is 1.76. The summed E-state index contributed by atoms with van der Waals surface area (Å²) in [7, 11) is 1.92. The molecule has 2 heterocycles. The fraction of sp³-hybridized carbons (Fsp3) is 0.600. The highest BCUT2D eigenvalue weighted by molar-refractivity contribution is 5.94. The first kappa shape index (κ1) is 14.0. The molecule has 104 valence electrons. The summed E-state index contributed by atoms with van der Waals surface area (Å²) in [4.78, 5) is 18.8. The van der Waals surface area contributed by atoms with Crippen molar-refractivity contribution in [2.75, 3.05) is 26.7 Å². The Hall–Kier alpha value is -1.42. The molecule has 1 amide bonds. The summed E-state index contributed by atoms with van der Waals surface area (Å²) in [6, 6.07) is 3.76. The smallest absolute Gasteiger partial charge is 0.253 e. The predicted octanol–water partition coefficient (Wildman–Crippen LogP) is 1.86. The van der Waals surface area contributed by atoms with E-state index in [1.165, 1.54) is 12.8 Å². The van der Waals surface area contributed by atoms with Crippen molar-refractivity contribution >= 4 is 5.91 Å². The van der Waals surface area contributed by atoms with Crippen LogP contribution >= 0.6 is 0 Å². The summed E-state index contributed by atoms with van der Waals surface area (Å²) >= 11 is 0. The third-order valence-electron chi connectivity index (χ3n) is 3.59. The second-order valence-electron chi connectivity index (χ2n) is 5.10. The van der Waals surface area contributed by atoms with Crippen LogP contribution in [0.4, 0.5) is 0 Å². The zero-order valence-corrected chi connectivity index (χ0v) is 11.7. The standard InChI is InChI=1S/C15H23N3O/c1-16-8-7-14-12-13(6-9-17-14)15(19)18-10-4-2-3-5-11-18/h6,9,12,16H,2-5,7-8,10-11H2,1H3. The SMILES string of the molecule is CNCCc1cc(C(=O)N2CCCCCC2)ccn1. The first-order valence-corrected chi connectivity index (χ1v) is 7.20. The maximum atomic E-state index is 12.5. The Kier molecular flexibility index (Phi) is 5.33. The second-order valence-corrected chi connectivity index (χ2v) is 5.10. The van der Waals surface area contributed by atoms with Gasteiger partial charge in [0.2, 0.25) is 0 Å². The maximum Gasteiger partial charge on any atom is 0.253 e. The van der Waals surface area contributed by atoms with Gasteiger partial charge in [0.05, 0.1) is 0 Å². The molecule has 0 radical (unpaired) electrons. The molecule has 19 heavy (non-hydrogen) atoms. The van der Waals surface area contributed by atoms with Crippen LogP contribution in [0.25, 0.3) is 0 Å². The van der Waals surface area contributed by atoms with Gasteiger partial charge in [0.15, 0.2) is 0 Å². The number of hydrogen-bond donors (Lipinski definition) is 1. The quantitative estimate of drug-likeness (QED) is 0.900. The van der Waals surface area contributed by atoms with Gasteiger partial charge in [-0.05, 0) is 32.0 Å². The van der Waals surface area contributed by atoms with Crippen LogP contribution in [0.1, 0.15) is 41.7 Å². The van der Waals surface area contributed by atoms with Crippen molar-refractivity contribution < 1.29 is 4.79 Å². The van der Waals surface area contributed by atoms with Crippen LogP contribution in [-0.4, -0.2) is 42.5 Å². The molecule has 0 aromatic carbocycles. The molecular formula is C15H23N3O. The fourth-order valence-electron chi connectivity index (χ4n) is 2.46. The number of nitrogens with zero attached hydrogens (tertiary/aromatic N) is 2. The minimum atomic E-state index is 0.162. The molecule has 0 unspecified atom stereocenters. The van der Waals surface area contributed by atoms with Crippen LogP contribution in [-0.2, 0) is 6.42 Å². The molecule has 1 fully saturated rings. The Bertz CT molecular complexity index is 412. The molecule has 0 atom stereocenters. The van der Waals surface area contributed by atoms with E-state index in [9.17, 15) is 4.79 Å². The molecule has 1 N–H and O–H groups in total. The topological polar surface area (TPSA) is 45.2 Å². The molecule has 1 aliphatic rings. The van der Waals surface area contributed by atoms with E-state index in [2.05, 4.69) is 10.3 Å². The van der Waals surface area contributed by atoms with E-state index in [1.807, 2.05) is 24.1 Å². The van der Waals surface area contributed by atoms with E-state index < -0.39 is 0 Å². The average Bonchev–Trinajstić information content (AvgIpc) is 2.73. The zero-order valence-electron chi connectivity index (χ0n) is 11.7. The highest BCUT2D eigenvalue weighted by Crippen LogP contribution is 2.13.